The number of carbonyl (C=O) groups excluding carboxylic acids is 1. The molecule has 0 heterocycles. The van der Waals surface area contributed by atoms with E-state index in [4.69, 9.17) is 18.5 Å². The van der Waals surface area contributed by atoms with E-state index in [0.29, 0.717) is 24.1 Å². The largest absolute Gasteiger partial charge is 0.472 e. The van der Waals surface area contributed by atoms with Gasteiger partial charge in [0.15, 0.2) is 0 Å². The van der Waals surface area contributed by atoms with E-state index in [1.807, 2.05) is 21.1 Å². The van der Waals surface area contributed by atoms with Gasteiger partial charge in [-0.3, -0.25) is 13.8 Å². The fraction of sp³-hybridized carbons (Fsp3) is 0.646. The molecule has 2 atom stereocenters. The van der Waals surface area contributed by atoms with Gasteiger partial charge >= 0.3 is 13.8 Å². The molecule has 0 saturated heterocycles. The minimum Gasteiger partial charge on any atom is -0.457 e. The topological polar surface area (TPSA) is 91.3 Å². The van der Waals surface area contributed by atoms with Crippen LogP contribution in [0, 0.1) is 0 Å². The molecular weight excluding hydrogens is 734 g/mol. The van der Waals surface area contributed by atoms with Crippen molar-refractivity contribution in [1.82, 2.24) is 0 Å². The predicted molar refractivity (Wildman–Crippen MR) is 242 cm³/mol. The van der Waals surface area contributed by atoms with Crippen LogP contribution in [0.5, 0.6) is 0 Å². The normalized spacial score (nSPS) is 14.7. The SMILES string of the molecule is CC/C=C\C/C=C\C/C=C\C/C=C\CCCCCCCCCCC(=O)OC(COCCC/C=C\C/C=C\C/C=C\C/C=C\CC)COP(=O)(O)OCC[N+](C)(C)C. The van der Waals surface area contributed by atoms with Gasteiger partial charge in [0.05, 0.1) is 34.4 Å². The summed E-state index contributed by atoms with van der Waals surface area (Å²) >= 11 is 0. The van der Waals surface area contributed by atoms with E-state index in [9.17, 15) is 14.3 Å². The Bertz CT molecular complexity index is 1230. The van der Waals surface area contributed by atoms with Crippen LogP contribution in [0.1, 0.15) is 142 Å². The number of allylic oxidation sites excluding steroid dienone is 16. The van der Waals surface area contributed by atoms with Gasteiger partial charge in [-0.15, -0.1) is 0 Å². The Kier molecular flexibility index (Phi) is 38.4. The standard InChI is InChI=1S/C48H82NO7P/c1-6-8-10-12-14-16-18-20-22-23-24-25-26-27-28-29-31-33-35-37-39-41-48(50)56-47(46-55-57(51,52)54-44-42-49(3,4)5)45-53-43-40-38-36-34-32-30-21-19-17-15-13-11-9-7-2/h8-11,14-17,20-22,24-25,30,34,36,47H,6-7,12-13,18-19,23,26-29,31-33,35,37-46H2,1-5H3/p+1/b10-8-,11-9-,16-14-,17-15-,22-20-,25-24-,30-21-,36-34-. The summed E-state index contributed by atoms with van der Waals surface area (Å²) in [5.74, 6) is -0.346. The number of ether oxygens (including phenoxy) is 2. The van der Waals surface area contributed by atoms with Crippen molar-refractivity contribution in [2.75, 3.05) is 54.1 Å². The molecule has 0 amide bonds. The molecule has 0 bridgehead atoms. The molecule has 0 aliphatic rings. The summed E-state index contributed by atoms with van der Waals surface area (Å²) in [5.41, 5.74) is 0. The van der Waals surface area contributed by atoms with Crippen LogP contribution < -0.4 is 0 Å². The number of hydrogen-bond donors (Lipinski definition) is 1. The third kappa shape index (κ3) is 44.4. The van der Waals surface area contributed by atoms with Crippen LogP contribution in [0.3, 0.4) is 0 Å². The van der Waals surface area contributed by atoms with Gasteiger partial charge in [0, 0.05) is 13.0 Å². The van der Waals surface area contributed by atoms with Crippen molar-refractivity contribution in [3.05, 3.63) is 97.2 Å². The number of phosphoric ester groups is 1. The second kappa shape index (κ2) is 40.2. The Labute approximate surface area is 349 Å². The molecule has 0 saturated carbocycles. The first-order chi connectivity index (χ1) is 27.6. The lowest BCUT2D eigenvalue weighted by atomic mass is 10.1. The number of hydrogen-bond acceptors (Lipinski definition) is 6. The van der Waals surface area contributed by atoms with Gasteiger partial charge in [0.2, 0.25) is 0 Å². The van der Waals surface area contributed by atoms with Gasteiger partial charge in [-0.25, -0.2) is 4.57 Å². The molecule has 0 aliphatic heterocycles. The molecule has 326 valence electrons. The predicted octanol–water partition coefficient (Wildman–Crippen LogP) is 13.0. The lowest BCUT2D eigenvalue weighted by molar-refractivity contribution is -0.870. The Hall–Kier alpha value is -2.58. The maximum absolute atomic E-state index is 12.7. The van der Waals surface area contributed by atoms with Crippen molar-refractivity contribution in [1.29, 1.82) is 0 Å². The molecule has 0 fully saturated rings. The van der Waals surface area contributed by atoms with Crippen LogP contribution in [-0.4, -0.2) is 75.6 Å². The van der Waals surface area contributed by atoms with Gasteiger partial charge in [-0.05, 0) is 83.5 Å². The molecule has 0 aromatic heterocycles. The highest BCUT2D eigenvalue weighted by Crippen LogP contribution is 2.43. The van der Waals surface area contributed by atoms with Crippen LogP contribution in [0.15, 0.2) is 97.2 Å². The Balaban J connectivity index is 4.32. The fourth-order valence-corrected chi connectivity index (χ4v) is 6.05. The van der Waals surface area contributed by atoms with E-state index in [0.717, 1.165) is 89.9 Å². The molecule has 0 radical (unpaired) electrons. The lowest BCUT2D eigenvalue weighted by Crippen LogP contribution is -2.37. The fourth-order valence-electron chi connectivity index (χ4n) is 5.31. The molecule has 0 aliphatic carbocycles. The first-order valence-electron chi connectivity index (χ1n) is 22.0. The molecule has 0 aromatic carbocycles. The summed E-state index contributed by atoms with van der Waals surface area (Å²) in [6, 6.07) is 0. The van der Waals surface area contributed by atoms with Crippen molar-refractivity contribution in [3.63, 3.8) is 0 Å². The van der Waals surface area contributed by atoms with E-state index in [-0.39, 0.29) is 25.8 Å². The zero-order valence-electron chi connectivity index (χ0n) is 36.8. The summed E-state index contributed by atoms with van der Waals surface area (Å²) < 4.78 is 34.9. The molecular formula is C48H83NO7P+. The van der Waals surface area contributed by atoms with Crippen molar-refractivity contribution in [2.24, 2.45) is 0 Å². The summed E-state index contributed by atoms with van der Waals surface area (Å²) in [4.78, 5) is 22.9. The Morgan fingerprint density at radius 3 is 1.44 bits per heavy atom. The average Bonchev–Trinajstić information content (AvgIpc) is 3.16. The van der Waals surface area contributed by atoms with Gasteiger partial charge in [-0.2, -0.15) is 0 Å². The van der Waals surface area contributed by atoms with E-state index >= 15 is 0 Å². The van der Waals surface area contributed by atoms with Crippen molar-refractivity contribution in [2.45, 2.75) is 148 Å². The molecule has 0 aromatic rings. The van der Waals surface area contributed by atoms with Gasteiger partial charge in [-0.1, -0.05) is 150 Å². The van der Waals surface area contributed by atoms with Gasteiger partial charge < -0.3 is 18.9 Å². The zero-order valence-corrected chi connectivity index (χ0v) is 37.7. The molecule has 57 heavy (non-hydrogen) atoms. The summed E-state index contributed by atoms with van der Waals surface area (Å²) in [6.45, 7) is 5.20. The second-order valence-electron chi connectivity index (χ2n) is 15.3. The van der Waals surface area contributed by atoms with Crippen molar-refractivity contribution >= 4 is 13.8 Å². The molecule has 0 spiro atoms. The Morgan fingerprint density at radius 2 is 0.965 bits per heavy atom. The van der Waals surface area contributed by atoms with Crippen LogP contribution >= 0.6 is 7.82 Å². The summed E-state index contributed by atoms with van der Waals surface area (Å²) in [5, 5.41) is 0. The van der Waals surface area contributed by atoms with E-state index in [1.54, 1.807) is 0 Å². The monoisotopic (exact) mass is 817 g/mol. The molecule has 2 unspecified atom stereocenters. The van der Waals surface area contributed by atoms with E-state index < -0.39 is 13.9 Å². The first-order valence-corrected chi connectivity index (χ1v) is 23.5. The highest BCUT2D eigenvalue weighted by molar-refractivity contribution is 7.47. The van der Waals surface area contributed by atoms with Gasteiger partial charge in [0.25, 0.3) is 0 Å². The van der Waals surface area contributed by atoms with E-state index in [2.05, 4.69) is 111 Å². The van der Waals surface area contributed by atoms with Crippen LogP contribution in [-0.2, 0) is 27.9 Å². The second-order valence-corrected chi connectivity index (χ2v) is 16.8. The summed E-state index contributed by atoms with van der Waals surface area (Å²) in [7, 11) is 1.61. The summed E-state index contributed by atoms with van der Waals surface area (Å²) in [6.07, 6.45) is 54.6. The third-order valence-electron chi connectivity index (χ3n) is 8.64. The highest BCUT2D eigenvalue weighted by Gasteiger charge is 2.26. The number of unbranched alkanes of at least 4 members (excludes halogenated alkanes) is 9. The zero-order chi connectivity index (χ0) is 42.0. The van der Waals surface area contributed by atoms with Crippen LogP contribution in [0.4, 0.5) is 0 Å². The lowest BCUT2D eigenvalue weighted by Gasteiger charge is -2.24. The number of nitrogens with zero attached hydrogens (tertiary/aromatic N) is 1. The third-order valence-corrected chi connectivity index (χ3v) is 9.63. The Morgan fingerprint density at radius 1 is 0.544 bits per heavy atom. The van der Waals surface area contributed by atoms with Crippen molar-refractivity contribution < 1.29 is 37.3 Å². The number of quaternary nitrogens is 1. The first kappa shape index (κ1) is 54.4. The number of esters is 1. The molecule has 1 N–H and O–H groups in total. The smallest absolute Gasteiger partial charge is 0.457 e. The molecule has 0 rings (SSSR count). The molecule has 9 heteroatoms. The molecule has 8 nitrogen and oxygen atoms in total. The minimum absolute atomic E-state index is 0.0710. The minimum atomic E-state index is -4.30. The highest BCUT2D eigenvalue weighted by atomic mass is 31.2. The van der Waals surface area contributed by atoms with E-state index in [1.165, 1.54) is 32.1 Å². The van der Waals surface area contributed by atoms with Crippen LogP contribution in [0.2, 0.25) is 0 Å². The number of likely N-dealkylation sites (N-methyl/N-ethyl adjacent to an activating group) is 1. The average molecular weight is 817 g/mol. The number of rotatable bonds is 39. The maximum atomic E-state index is 12.7. The van der Waals surface area contributed by atoms with Crippen LogP contribution in [0.25, 0.3) is 0 Å². The number of carbonyl (C=O) groups is 1. The van der Waals surface area contributed by atoms with Gasteiger partial charge in [0.1, 0.15) is 19.3 Å². The number of phosphoric acid groups is 1. The van der Waals surface area contributed by atoms with Crippen molar-refractivity contribution in [3.8, 4) is 0 Å². The maximum Gasteiger partial charge on any atom is 0.472 e. The quantitative estimate of drug-likeness (QED) is 0.0217.